The number of amides is 1. The molecule has 2 aromatic heterocycles. The van der Waals surface area contributed by atoms with Gasteiger partial charge in [-0.15, -0.1) is 5.10 Å². The highest BCUT2D eigenvalue weighted by atomic mass is 16.2. The molecule has 33 heavy (non-hydrogen) atoms. The first kappa shape index (κ1) is 19.9. The van der Waals surface area contributed by atoms with Gasteiger partial charge in [0.2, 0.25) is 11.6 Å². The van der Waals surface area contributed by atoms with Crippen molar-refractivity contribution in [2.24, 2.45) is 0 Å². The SMILES string of the molecule is N#Cc1c(-c2ccccc2)n2c(C(=O)Nc3ccccc3)nn(-c3ccccc3)c2nc1=O. The Balaban J connectivity index is 1.85. The summed E-state index contributed by atoms with van der Waals surface area (Å²) in [7, 11) is 0. The van der Waals surface area contributed by atoms with E-state index < -0.39 is 11.5 Å². The Kier molecular flexibility index (Phi) is 4.97. The van der Waals surface area contributed by atoms with Crippen molar-refractivity contribution in [1.29, 1.82) is 5.26 Å². The highest BCUT2D eigenvalue weighted by Crippen LogP contribution is 2.25. The maximum absolute atomic E-state index is 13.3. The van der Waals surface area contributed by atoms with Crippen molar-refractivity contribution in [3.05, 3.63) is 113 Å². The van der Waals surface area contributed by atoms with Crippen LogP contribution in [0.4, 0.5) is 5.69 Å². The van der Waals surface area contributed by atoms with Gasteiger partial charge in [-0.05, 0) is 24.3 Å². The fraction of sp³-hybridized carbons (Fsp3) is 0. The van der Waals surface area contributed by atoms with E-state index in [0.717, 1.165) is 0 Å². The van der Waals surface area contributed by atoms with Gasteiger partial charge in [0.25, 0.3) is 11.5 Å². The van der Waals surface area contributed by atoms with E-state index in [0.29, 0.717) is 16.9 Å². The fourth-order valence-corrected chi connectivity index (χ4v) is 3.60. The van der Waals surface area contributed by atoms with Gasteiger partial charge in [-0.25, -0.2) is 0 Å². The number of aromatic nitrogens is 4. The van der Waals surface area contributed by atoms with Crippen LogP contribution in [0.1, 0.15) is 16.2 Å². The number of nitrogens with zero attached hydrogens (tertiary/aromatic N) is 5. The van der Waals surface area contributed by atoms with Crippen LogP contribution in [0.3, 0.4) is 0 Å². The van der Waals surface area contributed by atoms with Gasteiger partial charge in [-0.3, -0.25) is 14.0 Å². The number of rotatable bonds is 4. The van der Waals surface area contributed by atoms with Crippen LogP contribution >= 0.6 is 0 Å². The molecule has 3 aromatic carbocycles. The Labute approximate surface area is 188 Å². The predicted octanol–water partition coefficient (Wildman–Crippen LogP) is 3.67. The first-order chi connectivity index (χ1) is 16.2. The van der Waals surface area contributed by atoms with Gasteiger partial charge >= 0.3 is 0 Å². The van der Waals surface area contributed by atoms with Crippen molar-refractivity contribution in [2.45, 2.75) is 0 Å². The molecule has 5 aromatic rings. The fourth-order valence-electron chi connectivity index (χ4n) is 3.60. The Morgan fingerprint density at radius 3 is 2.12 bits per heavy atom. The minimum absolute atomic E-state index is 0.0134. The maximum atomic E-state index is 13.3. The first-order valence-corrected chi connectivity index (χ1v) is 10.1. The summed E-state index contributed by atoms with van der Waals surface area (Å²) in [5.74, 6) is -0.393. The average molecular weight is 432 g/mol. The summed E-state index contributed by atoms with van der Waals surface area (Å²) in [5, 5.41) is 17.1. The molecule has 1 N–H and O–H groups in total. The number of fused-ring (bicyclic) bond motifs is 1. The summed E-state index contributed by atoms with van der Waals surface area (Å²) in [5.41, 5.74) is 1.19. The van der Waals surface area contributed by atoms with Gasteiger partial charge in [0.1, 0.15) is 11.6 Å². The second kappa shape index (κ2) is 8.24. The number of benzene rings is 3. The molecule has 5 rings (SSSR count). The molecule has 0 saturated carbocycles. The summed E-state index contributed by atoms with van der Waals surface area (Å²) >= 11 is 0. The van der Waals surface area contributed by atoms with Crippen LogP contribution in [0, 0.1) is 11.3 Å². The van der Waals surface area contributed by atoms with Crippen molar-refractivity contribution < 1.29 is 4.79 Å². The molecule has 0 aliphatic heterocycles. The van der Waals surface area contributed by atoms with Crippen molar-refractivity contribution in [2.75, 3.05) is 5.32 Å². The smallest absolute Gasteiger partial charge is 0.293 e. The second-order valence-electron chi connectivity index (χ2n) is 7.14. The zero-order chi connectivity index (χ0) is 22.8. The van der Waals surface area contributed by atoms with Gasteiger partial charge in [0.05, 0.1) is 11.4 Å². The lowest BCUT2D eigenvalue weighted by molar-refractivity contribution is 0.101. The second-order valence-corrected chi connectivity index (χ2v) is 7.14. The van der Waals surface area contributed by atoms with E-state index in [4.69, 9.17) is 0 Å². The lowest BCUT2D eigenvalue weighted by Gasteiger charge is -2.10. The van der Waals surface area contributed by atoms with Crippen LogP contribution in [-0.2, 0) is 0 Å². The zero-order valence-electron chi connectivity index (χ0n) is 17.2. The molecule has 8 heteroatoms. The van der Waals surface area contributed by atoms with Gasteiger partial charge in [0, 0.05) is 11.3 Å². The summed E-state index contributed by atoms with van der Waals surface area (Å²) < 4.78 is 2.88. The van der Waals surface area contributed by atoms with E-state index in [2.05, 4.69) is 15.4 Å². The van der Waals surface area contributed by atoms with Crippen LogP contribution in [-0.4, -0.2) is 25.1 Å². The molecule has 0 bridgehead atoms. The molecular weight excluding hydrogens is 416 g/mol. The highest BCUT2D eigenvalue weighted by Gasteiger charge is 2.25. The molecule has 0 spiro atoms. The van der Waals surface area contributed by atoms with E-state index >= 15 is 0 Å². The van der Waals surface area contributed by atoms with Gasteiger partial charge in [-0.1, -0.05) is 66.7 Å². The van der Waals surface area contributed by atoms with E-state index in [9.17, 15) is 14.9 Å². The number of nitrogens with one attached hydrogen (secondary N) is 1. The molecule has 1 amide bonds. The zero-order valence-corrected chi connectivity index (χ0v) is 17.2. The molecule has 0 saturated heterocycles. The highest BCUT2D eigenvalue weighted by molar-refractivity contribution is 6.02. The molecule has 158 valence electrons. The van der Waals surface area contributed by atoms with E-state index in [-0.39, 0.29) is 22.9 Å². The first-order valence-electron chi connectivity index (χ1n) is 10.1. The molecule has 0 atom stereocenters. The lowest BCUT2D eigenvalue weighted by Crippen LogP contribution is -2.20. The molecule has 2 heterocycles. The number of nitriles is 1. The van der Waals surface area contributed by atoms with Crippen molar-refractivity contribution >= 4 is 17.4 Å². The number of anilines is 1. The third kappa shape index (κ3) is 3.54. The molecular formula is C25H16N6O2. The van der Waals surface area contributed by atoms with Crippen LogP contribution < -0.4 is 10.9 Å². The molecule has 0 unspecified atom stereocenters. The van der Waals surface area contributed by atoms with Crippen molar-refractivity contribution in [3.8, 4) is 23.0 Å². The quantitative estimate of drug-likeness (QED) is 0.467. The minimum Gasteiger partial charge on any atom is -0.319 e. The Bertz CT molecular complexity index is 1570. The summed E-state index contributed by atoms with van der Waals surface area (Å²) in [6.45, 7) is 0. The van der Waals surface area contributed by atoms with E-state index in [1.54, 1.807) is 60.7 Å². The topological polar surface area (TPSA) is 105 Å². The predicted molar refractivity (Wildman–Crippen MR) is 123 cm³/mol. The largest absolute Gasteiger partial charge is 0.319 e. The Morgan fingerprint density at radius 2 is 1.48 bits per heavy atom. The number of carbonyl (C=O) groups is 1. The standard InChI is InChI=1S/C25H16N6O2/c26-16-20-21(17-10-4-1-5-11-17)30-22(24(33)27-18-12-6-2-7-13-18)29-31(25(30)28-23(20)32)19-14-8-3-9-15-19/h1-15H,(H,27,33). The monoisotopic (exact) mass is 432 g/mol. The summed E-state index contributed by atoms with van der Waals surface area (Å²) in [6.07, 6.45) is 0. The number of para-hydroxylation sites is 2. The van der Waals surface area contributed by atoms with Crippen molar-refractivity contribution in [3.63, 3.8) is 0 Å². The Hall–Kier alpha value is -5.03. The van der Waals surface area contributed by atoms with Gasteiger partial charge in [0.15, 0.2) is 0 Å². The van der Waals surface area contributed by atoms with Crippen LogP contribution in [0.5, 0.6) is 0 Å². The molecule has 8 nitrogen and oxygen atoms in total. The minimum atomic E-state index is -0.691. The molecule has 0 aliphatic rings. The number of hydrogen-bond donors (Lipinski definition) is 1. The van der Waals surface area contributed by atoms with E-state index in [1.807, 2.05) is 36.4 Å². The maximum Gasteiger partial charge on any atom is 0.293 e. The number of carbonyl (C=O) groups excluding carboxylic acids is 1. The lowest BCUT2D eigenvalue weighted by atomic mass is 10.1. The third-order valence-electron chi connectivity index (χ3n) is 5.07. The Morgan fingerprint density at radius 1 is 0.879 bits per heavy atom. The van der Waals surface area contributed by atoms with Gasteiger partial charge < -0.3 is 5.32 Å². The molecule has 0 fully saturated rings. The summed E-state index contributed by atoms with van der Waals surface area (Å²) in [6, 6.07) is 28.9. The summed E-state index contributed by atoms with van der Waals surface area (Å²) in [4.78, 5) is 30.3. The average Bonchev–Trinajstić information content (AvgIpc) is 3.24. The molecule has 0 radical (unpaired) electrons. The number of hydrogen-bond acceptors (Lipinski definition) is 5. The van der Waals surface area contributed by atoms with E-state index in [1.165, 1.54) is 9.08 Å². The van der Waals surface area contributed by atoms with Crippen LogP contribution in [0.25, 0.3) is 22.7 Å². The normalized spacial score (nSPS) is 10.6. The van der Waals surface area contributed by atoms with Crippen molar-refractivity contribution in [1.82, 2.24) is 19.2 Å². The molecule has 0 aliphatic carbocycles. The third-order valence-corrected chi connectivity index (χ3v) is 5.07. The van der Waals surface area contributed by atoms with Gasteiger partial charge in [-0.2, -0.15) is 14.9 Å². The van der Waals surface area contributed by atoms with Crippen LogP contribution in [0.15, 0.2) is 95.8 Å². The van der Waals surface area contributed by atoms with Crippen LogP contribution in [0.2, 0.25) is 0 Å².